The molecule has 0 saturated heterocycles. The molecule has 1 aromatic rings. The summed E-state index contributed by atoms with van der Waals surface area (Å²) in [5.41, 5.74) is -3.36. The first kappa shape index (κ1) is 14.5. The third-order valence-corrected chi connectivity index (χ3v) is 3.12. The summed E-state index contributed by atoms with van der Waals surface area (Å²) >= 11 is 10.8. The molecule has 1 rings (SSSR count). The summed E-state index contributed by atoms with van der Waals surface area (Å²) in [6.07, 6.45) is -4.64. The van der Waals surface area contributed by atoms with Crippen LogP contribution in [0.1, 0.15) is 11.1 Å². The Labute approximate surface area is 105 Å². The van der Waals surface area contributed by atoms with E-state index in [1.165, 1.54) is 0 Å². The number of alkyl halides is 5. The molecule has 1 nitrogen and oxygen atoms in total. The molecule has 0 atom stereocenters. The zero-order valence-electron chi connectivity index (χ0n) is 8.36. The van der Waals surface area contributed by atoms with E-state index in [0.29, 0.717) is 12.1 Å². The Bertz CT molecular complexity index is 402. The fourth-order valence-corrected chi connectivity index (χ4v) is 1.82. The lowest BCUT2D eigenvalue weighted by Crippen LogP contribution is -2.31. The molecule has 1 aromatic carbocycles. The molecule has 0 spiro atoms. The molecule has 0 aliphatic carbocycles. The lowest BCUT2D eigenvalue weighted by molar-refractivity contribution is -0.137. The SMILES string of the molecule is OC(CCl)(CCl)c1ccc(C(F)(F)F)cc1F. The van der Waals surface area contributed by atoms with Crippen molar-refractivity contribution in [3.63, 3.8) is 0 Å². The van der Waals surface area contributed by atoms with Crippen LogP contribution in [0, 0.1) is 5.82 Å². The fourth-order valence-electron chi connectivity index (χ4n) is 1.25. The van der Waals surface area contributed by atoms with Gasteiger partial charge in [0, 0.05) is 5.56 Å². The van der Waals surface area contributed by atoms with Gasteiger partial charge < -0.3 is 5.11 Å². The van der Waals surface area contributed by atoms with Crippen LogP contribution in [0.25, 0.3) is 0 Å². The molecule has 17 heavy (non-hydrogen) atoms. The largest absolute Gasteiger partial charge is 0.416 e. The Kier molecular flexibility index (Phi) is 4.28. The summed E-state index contributed by atoms with van der Waals surface area (Å²) in [5, 5.41) is 9.79. The second kappa shape index (κ2) is 5.00. The highest BCUT2D eigenvalue weighted by Gasteiger charge is 2.35. The average Bonchev–Trinajstić information content (AvgIpc) is 2.26. The number of hydrogen-bond donors (Lipinski definition) is 1. The molecule has 1 N–H and O–H groups in total. The van der Waals surface area contributed by atoms with Gasteiger partial charge in [0.15, 0.2) is 0 Å². The van der Waals surface area contributed by atoms with Crippen molar-refractivity contribution in [1.29, 1.82) is 0 Å². The standard InChI is InChI=1S/C10H8Cl2F4O/c11-4-9(17,5-12)7-2-1-6(3-8(7)13)10(14,15)16/h1-3,17H,4-5H2. The van der Waals surface area contributed by atoms with E-state index < -0.39 is 34.9 Å². The molecule has 0 saturated carbocycles. The van der Waals surface area contributed by atoms with Crippen molar-refractivity contribution >= 4 is 23.2 Å². The van der Waals surface area contributed by atoms with Gasteiger partial charge >= 0.3 is 6.18 Å². The van der Waals surface area contributed by atoms with Crippen molar-refractivity contribution in [1.82, 2.24) is 0 Å². The van der Waals surface area contributed by atoms with Crippen LogP contribution in [0.2, 0.25) is 0 Å². The first-order chi connectivity index (χ1) is 7.74. The fraction of sp³-hybridized carbons (Fsp3) is 0.400. The van der Waals surface area contributed by atoms with E-state index in [4.69, 9.17) is 23.2 Å². The van der Waals surface area contributed by atoms with Crippen LogP contribution < -0.4 is 0 Å². The van der Waals surface area contributed by atoms with Crippen LogP contribution in [0.15, 0.2) is 18.2 Å². The maximum absolute atomic E-state index is 13.5. The van der Waals surface area contributed by atoms with Crippen LogP contribution >= 0.6 is 23.2 Å². The lowest BCUT2D eigenvalue weighted by Gasteiger charge is -2.24. The minimum Gasteiger partial charge on any atom is -0.383 e. The van der Waals surface area contributed by atoms with Gasteiger partial charge in [0.1, 0.15) is 11.4 Å². The third-order valence-electron chi connectivity index (χ3n) is 2.24. The number of halogens is 6. The van der Waals surface area contributed by atoms with Gasteiger partial charge in [-0.3, -0.25) is 0 Å². The van der Waals surface area contributed by atoms with E-state index in [-0.39, 0.29) is 5.56 Å². The molecule has 0 heterocycles. The maximum Gasteiger partial charge on any atom is 0.416 e. The van der Waals surface area contributed by atoms with Crippen molar-refractivity contribution in [2.24, 2.45) is 0 Å². The zero-order chi connectivity index (χ0) is 13.3. The van der Waals surface area contributed by atoms with Crippen LogP contribution in [0.5, 0.6) is 0 Å². The maximum atomic E-state index is 13.5. The Morgan fingerprint density at radius 1 is 1.12 bits per heavy atom. The van der Waals surface area contributed by atoms with Gasteiger partial charge in [-0.15, -0.1) is 23.2 Å². The van der Waals surface area contributed by atoms with Crippen molar-refractivity contribution in [3.05, 3.63) is 35.1 Å². The summed E-state index contributed by atoms with van der Waals surface area (Å²) in [7, 11) is 0. The third kappa shape index (κ3) is 3.03. The van der Waals surface area contributed by atoms with Crippen molar-refractivity contribution in [2.75, 3.05) is 11.8 Å². The predicted octanol–water partition coefficient (Wildman–Crippen LogP) is 3.51. The second-order valence-corrected chi connectivity index (χ2v) is 4.03. The van der Waals surface area contributed by atoms with E-state index in [1.54, 1.807) is 0 Å². The Morgan fingerprint density at radius 3 is 2.00 bits per heavy atom. The topological polar surface area (TPSA) is 20.2 Å². The van der Waals surface area contributed by atoms with Crippen LogP contribution in [-0.4, -0.2) is 16.9 Å². The molecule has 0 aliphatic heterocycles. The summed E-state index contributed by atoms with van der Waals surface area (Å²) in [6, 6.07) is 1.81. The second-order valence-electron chi connectivity index (χ2n) is 3.49. The van der Waals surface area contributed by atoms with Crippen LogP contribution in [-0.2, 0) is 11.8 Å². The highest BCUT2D eigenvalue weighted by molar-refractivity contribution is 6.21. The monoisotopic (exact) mass is 290 g/mol. The molecule has 0 aliphatic rings. The van der Waals surface area contributed by atoms with E-state index in [2.05, 4.69) is 0 Å². The Balaban J connectivity index is 3.23. The smallest absolute Gasteiger partial charge is 0.383 e. The zero-order valence-corrected chi connectivity index (χ0v) is 9.87. The van der Waals surface area contributed by atoms with Gasteiger partial charge in [-0.2, -0.15) is 13.2 Å². The van der Waals surface area contributed by atoms with Crippen molar-refractivity contribution in [2.45, 2.75) is 11.8 Å². The molecule has 0 unspecified atom stereocenters. The minimum atomic E-state index is -4.64. The number of rotatable bonds is 3. The van der Waals surface area contributed by atoms with Crippen molar-refractivity contribution < 1.29 is 22.7 Å². The first-order valence-electron chi connectivity index (χ1n) is 4.46. The molecular formula is C10H8Cl2F4O. The molecule has 7 heteroatoms. The van der Waals surface area contributed by atoms with Gasteiger partial charge in [-0.1, -0.05) is 6.07 Å². The van der Waals surface area contributed by atoms with Gasteiger partial charge in [0.25, 0.3) is 0 Å². The van der Waals surface area contributed by atoms with Gasteiger partial charge in [0.05, 0.1) is 17.3 Å². The summed E-state index contributed by atoms with van der Waals surface area (Å²) in [6.45, 7) is 0. The molecule has 0 bridgehead atoms. The van der Waals surface area contributed by atoms with E-state index in [9.17, 15) is 22.7 Å². The summed E-state index contributed by atoms with van der Waals surface area (Å²) in [5.74, 6) is -2.03. The molecule has 0 aromatic heterocycles. The normalized spacial score (nSPS) is 12.9. The van der Waals surface area contributed by atoms with Gasteiger partial charge in [-0.05, 0) is 12.1 Å². The van der Waals surface area contributed by atoms with E-state index >= 15 is 0 Å². The first-order valence-corrected chi connectivity index (χ1v) is 5.53. The number of hydrogen-bond acceptors (Lipinski definition) is 1. The Hall–Kier alpha value is -0.520. The van der Waals surface area contributed by atoms with Crippen LogP contribution in [0.4, 0.5) is 17.6 Å². The number of benzene rings is 1. The highest BCUT2D eigenvalue weighted by Crippen LogP contribution is 2.33. The highest BCUT2D eigenvalue weighted by atomic mass is 35.5. The van der Waals surface area contributed by atoms with Gasteiger partial charge in [0.2, 0.25) is 0 Å². The van der Waals surface area contributed by atoms with Gasteiger partial charge in [-0.25, -0.2) is 4.39 Å². The average molecular weight is 291 g/mol. The van der Waals surface area contributed by atoms with Crippen LogP contribution in [0.3, 0.4) is 0 Å². The van der Waals surface area contributed by atoms with E-state index in [0.717, 1.165) is 6.07 Å². The molecule has 0 radical (unpaired) electrons. The number of aliphatic hydroxyl groups is 1. The Morgan fingerprint density at radius 2 is 1.65 bits per heavy atom. The van der Waals surface area contributed by atoms with E-state index in [1.807, 2.05) is 0 Å². The molecular weight excluding hydrogens is 283 g/mol. The summed E-state index contributed by atoms with van der Waals surface area (Å²) in [4.78, 5) is 0. The quantitative estimate of drug-likeness (QED) is 0.667. The minimum absolute atomic E-state index is 0.305. The summed E-state index contributed by atoms with van der Waals surface area (Å²) < 4.78 is 50.3. The predicted molar refractivity (Wildman–Crippen MR) is 56.7 cm³/mol. The van der Waals surface area contributed by atoms with Crippen molar-refractivity contribution in [3.8, 4) is 0 Å². The lowest BCUT2D eigenvalue weighted by atomic mass is 9.96. The molecule has 0 amide bonds. The molecule has 0 fully saturated rings. The molecule has 96 valence electrons.